The second-order valence-corrected chi connectivity index (χ2v) is 3.89. The molecule has 0 spiro atoms. The minimum absolute atomic E-state index is 0.219. The van der Waals surface area contributed by atoms with E-state index in [1.165, 1.54) is 6.07 Å². The van der Waals surface area contributed by atoms with Crippen molar-refractivity contribution in [3.8, 4) is 11.1 Å². The van der Waals surface area contributed by atoms with Crippen LogP contribution in [-0.4, -0.2) is 4.98 Å². The summed E-state index contributed by atoms with van der Waals surface area (Å²) < 4.78 is 13.2. The molecule has 3 rings (SSSR count). The van der Waals surface area contributed by atoms with E-state index in [-0.39, 0.29) is 5.82 Å². The largest absolute Gasteiger partial charge is 0.256 e. The van der Waals surface area contributed by atoms with Crippen LogP contribution in [0.15, 0.2) is 60.8 Å². The molecule has 82 valence electrons. The third-order valence-electron chi connectivity index (χ3n) is 2.78. The van der Waals surface area contributed by atoms with E-state index in [0.717, 1.165) is 22.0 Å². The highest BCUT2D eigenvalue weighted by Gasteiger charge is 2.04. The number of rotatable bonds is 1. The Hall–Kier alpha value is -2.22. The fourth-order valence-corrected chi connectivity index (χ4v) is 2.00. The molecule has 0 atom stereocenters. The standard InChI is InChI=1S/C15H10FN/c16-12-5-3-4-11(10-12)13-8-9-17-15-7-2-1-6-14(13)15/h1-10H. The highest BCUT2D eigenvalue weighted by atomic mass is 19.1. The molecule has 0 saturated carbocycles. The Kier molecular flexibility index (Phi) is 2.33. The van der Waals surface area contributed by atoms with Crippen LogP contribution in [0, 0.1) is 5.82 Å². The van der Waals surface area contributed by atoms with Gasteiger partial charge in [-0.15, -0.1) is 0 Å². The number of para-hydroxylation sites is 1. The van der Waals surface area contributed by atoms with Gasteiger partial charge in [-0.3, -0.25) is 4.98 Å². The highest BCUT2D eigenvalue weighted by molar-refractivity contribution is 5.94. The van der Waals surface area contributed by atoms with Gasteiger partial charge in [0.25, 0.3) is 0 Å². The van der Waals surface area contributed by atoms with Gasteiger partial charge >= 0.3 is 0 Å². The number of benzene rings is 2. The Labute approximate surface area is 98.6 Å². The molecule has 1 nitrogen and oxygen atoms in total. The van der Waals surface area contributed by atoms with Gasteiger partial charge in [0.05, 0.1) is 5.52 Å². The van der Waals surface area contributed by atoms with Crippen LogP contribution in [0.3, 0.4) is 0 Å². The zero-order valence-electron chi connectivity index (χ0n) is 9.10. The maximum absolute atomic E-state index is 13.2. The maximum atomic E-state index is 13.2. The van der Waals surface area contributed by atoms with Crippen molar-refractivity contribution in [3.05, 3.63) is 66.6 Å². The van der Waals surface area contributed by atoms with Gasteiger partial charge < -0.3 is 0 Å². The summed E-state index contributed by atoms with van der Waals surface area (Å²) in [6, 6.07) is 16.4. The zero-order chi connectivity index (χ0) is 11.7. The quantitative estimate of drug-likeness (QED) is 0.606. The fraction of sp³-hybridized carbons (Fsp3) is 0. The summed E-state index contributed by atoms with van der Waals surface area (Å²) in [6.45, 7) is 0. The van der Waals surface area contributed by atoms with Crippen molar-refractivity contribution >= 4 is 10.9 Å². The molecule has 1 heterocycles. The van der Waals surface area contributed by atoms with Crippen molar-refractivity contribution in [2.45, 2.75) is 0 Å². The number of aromatic nitrogens is 1. The van der Waals surface area contributed by atoms with Crippen molar-refractivity contribution in [2.75, 3.05) is 0 Å². The van der Waals surface area contributed by atoms with Crippen molar-refractivity contribution < 1.29 is 4.39 Å². The van der Waals surface area contributed by atoms with E-state index in [2.05, 4.69) is 4.98 Å². The minimum atomic E-state index is -0.219. The molecule has 0 unspecified atom stereocenters. The Morgan fingerprint density at radius 1 is 0.882 bits per heavy atom. The summed E-state index contributed by atoms with van der Waals surface area (Å²) in [5, 5.41) is 1.04. The summed E-state index contributed by atoms with van der Waals surface area (Å²) in [7, 11) is 0. The van der Waals surface area contributed by atoms with Gasteiger partial charge in [0.15, 0.2) is 0 Å². The lowest BCUT2D eigenvalue weighted by atomic mass is 10.0. The monoisotopic (exact) mass is 223 g/mol. The molecule has 0 amide bonds. The fourth-order valence-electron chi connectivity index (χ4n) is 2.00. The molecular weight excluding hydrogens is 213 g/mol. The SMILES string of the molecule is Fc1cccc(-c2ccnc3ccccc23)c1. The van der Waals surface area contributed by atoms with Gasteiger partial charge in [-0.05, 0) is 35.4 Å². The Morgan fingerprint density at radius 3 is 2.65 bits per heavy atom. The number of hydrogen-bond acceptors (Lipinski definition) is 1. The predicted octanol–water partition coefficient (Wildman–Crippen LogP) is 4.04. The summed E-state index contributed by atoms with van der Waals surface area (Å²) in [5.74, 6) is -0.219. The first kappa shape index (κ1) is 9.97. The first-order valence-corrected chi connectivity index (χ1v) is 5.44. The minimum Gasteiger partial charge on any atom is -0.256 e. The molecule has 17 heavy (non-hydrogen) atoms. The van der Waals surface area contributed by atoms with Crippen LogP contribution in [0.1, 0.15) is 0 Å². The summed E-state index contributed by atoms with van der Waals surface area (Å²) in [6.07, 6.45) is 1.75. The molecule has 0 bridgehead atoms. The van der Waals surface area contributed by atoms with E-state index in [4.69, 9.17) is 0 Å². The summed E-state index contributed by atoms with van der Waals surface area (Å²) >= 11 is 0. The van der Waals surface area contributed by atoms with Crippen LogP contribution < -0.4 is 0 Å². The second-order valence-electron chi connectivity index (χ2n) is 3.89. The Bertz CT molecular complexity index is 671. The molecule has 2 heteroatoms. The van der Waals surface area contributed by atoms with Gasteiger partial charge in [0, 0.05) is 11.6 Å². The number of fused-ring (bicyclic) bond motifs is 1. The molecule has 0 aliphatic heterocycles. The van der Waals surface area contributed by atoms with Crippen LogP contribution >= 0.6 is 0 Å². The first-order chi connectivity index (χ1) is 8.34. The highest BCUT2D eigenvalue weighted by Crippen LogP contribution is 2.27. The Morgan fingerprint density at radius 2 is 1.76 bits per heavy atom. The normalized spacial score (nSPS) is 10.6. The molecule has 1 aromatic heterocycles. The van der Waals surface area contributed by atoms with Crippen molar-refractivity contribution in [3.63, 3.8) is 0 Å². The Balaban J connectivity index is 2.30. The molecule has 3 aromatic rings. The first-order valence-electron chi connectivity index (χ1n) is 5.44. The van der Waals surface area contributed by atoms with Crippen molar-refractivity contribution in [2.24, 2.45) is 0 Å². The third kappa shape index (κ3) is 1.78. The predicted molar refractivity (Wildman–Crippen MR) is 67.1 cm³/mol. The average molecular weight is 223 g/mol. The van der Waals surface area contributed by atoms with E-state index in [9.17, 15) is 4.39 Å². The molecule has 0 N–H and O–H groups in total. The topological polar surface area (TPSA) is 12.9 Å². The molecular formula is C15H10FN. The summed E-state index contributed by atoms with van der Waals surface area (Å²) in [4.78, 5) is 4.30. The molecule has 0 saturated heterocycles. The lowest BCUT2D eigenvalue weighted by Gasteiger charge is -2.05. The lowest BCUT2D eigenvalue weighted by Crippen LogP contribution is -1.84. The van der Waals surface area contributed by atoms with Gasteiger partial charge in [0.1, 0.15) is 5.82 Å². The molecule has 0 fully saturated rings. The molecule has 2 aromatic carbocycles. The number of halogens is 1. The summed E-state index contributed by atoms with van der Waals surface area (Å²) in [5.41, 5.74) is 2.81. The van der Waals surface area contributed by atoms with E-state index in [0.29, 0.717) is 0 Å². The molecule has 0 radical (unpaired) electrons. The maximum Gasteiger partial charge on any atom is 0.123 e. The van der Waals surface area contributed by atoms with Crippen LogP contribution in [0.4, 0.5) is 4.39 Å². The third-order valence-corrected chi connectivity index (χ3v) is 2.78. The van der Waals surface area contributed by atoms with Crippen LogP contribution in [-0.2, 0) is 0 Å². The average Bonchev–Trinajstić information content (AvgIpc) is 2.38. The lowest BCUT2D eigenvalue weighted by molar-refractivity contribution is 0.628. The number of nitrogens with zero attached hydrogens (tertiary/aromatic N) is 1. The van der Waals surface area contributed by atoms with Gasteiger partial charge in [-0.2, -0.15) is 0 Å². The van der Waals surface area contributed by atoms with E-state index in [1.807, 2.05) is 36.4 Å². The number of pyridine rings is 1. The van der Waals surface area contributed by atoms with Crippen LogP contribution in [0.25, 0.3) is 22.0 Å². The van der Waals surface area contributed by atoms with E-state index < -0.39 is 0 Å². The van der Waals surface area contributed by atoms with Crippen LogP contribution in [0.2, 0.25) is 0 Å². The molecule has 0 aliphatic rings. The van der Waals surface area contributed by atoms with E-state index in [1.54, 1.807) is 18.3 Å². The van der Waals surface area contributed by atoms with Gasteiger partial charge in [0.2, 0.25) is 0 Å². The van der Waals surface area contributed by atoms with Crippen molar-refractivity contribution in [1.82, 2.24) is 4.98 Å². The van der Waals surface area contributed by atoms with Gasteiger partial charge in [-0.25, -0.2) is 4.39 Å². The zero-order valence-corrected chi connectivity index (χ0v) is 9.10. The van der Waals surface area contributed by atoms with E-state index >= 15 is 0 Å². The molecule has 0 aliphatic carbocycles. The second kappa shape index (κ2) is 3.98. The number of hydrogen-bond donors (Lipinski definition) is 0. The van der Waals surface area contributed by atoms with Crippen molar-refractivity contribution in [1.29, 1.82) is 0 Å². The van der Waals surface area contributed by atoms with Gasteiger partial charge in [-0.1, -0.05) is 30.3 Å². The smallest absolute Gasteiger partial charge is 0.123 e. The van der Waals surface area contributed by atoms with Crippen LogP contribution in [0.5, 0.6) is 0 Å².